The molecule has 1 aromatic heterocycles. The smallest absolute Gasteiger partial charge is 0.360 e. The van der Waals surface area contributed by atoms with Crippen molar-refractivity contribution in [2.75, 3.05) is 19.0 Å². The fourth-order valence-electron chi connectivity index (χ4n) is 2.75. The average molecular weight is 373 g/mol. The molecule has 0 atom stereocenters. The third-order valence-electron chi connectivity index (χ3n) is 4.30. The van der Waals surface area contributed by atoms with Gasteiger partial charge in [-0.2, -0.15) is 0 Å². The van der Waals surface area contributed by atoms with Crippen LogP contribution >= 0.6 is 0 Å². The molecule has 0 saturated heterocycles. The first-order valence-electron chi connectivity index (χ1n) is 9.11. The van der Waals surface area contributed by atoms with E-state index >= 15 is 0 Å². The summed E-state index contributed by atoms with van der Waals surface area (Å²) in [4.78, 5) is 30.2. The first-order chi connectivity index (χ1) is 13.0. The third-order valence-corrected chi connectivity index (χ3v) is 4.30. The second-order valence-corrected chi connectivity index (χ2v) is 6.44. The lowest BCUT2D eigenvalue weighted by atomic mass is 10.1. The molecule has 0 saturated carbocycles. The minimum absolute atomic E-state index is 0.0937. The molecule has 2 aromatic rings. The number of hydrogen-bond donors (Lipinski definition) is 1. The van der Waals surface area contributed by atoms with Crippen LogP contribution < -0.4 is 5.32 Å². The number of para-hydroxylation sites is 1. The molecule has 0 aliphatic carbocycles. The van der Waals surface area contributed by atoms with Gasteiger partial charge in [0.2, 0.25) is 5.89 Å². The molecule has 0 radical (unpaired) electrons. The van der Waals surface area contributed by atoms with Gasteiger partial charge in [0, 0.05) is 12.2 Å². The van der Waals surface area contributed by atoms with E-state index in [2.05, 4.69) is 22.0 Å². The number of benzene rings is 1. The topological polar surface area (TPSA) is 84.7 Å². The van der Waals surface area contributed by atoms with Crippen LogP contribution in [-0.4, -0.2) is 35.5 Å². The van der Waals surface area contributed by atoms with Crippen molar-refractivity contribution in [1.29, 1.82) is 0 Å². The lowest BCUT2D eigenvalue weighted by Crippen LogP contribution is -2.35. The highest BCUT2D eigenvalue weighted by atomic mass is 16.5. The van der Waals surface area contributed by atoms with E-state index in [4.69, 9.17) is 4.42 Å². The average Bonchev–Trinajstić information content (AvgIpc) is 3.12. The van der Waals surface area contributed by atoms with Crippen LogP contribution in [0.4, 0.5) is 10.5 Å². The number of carbonyl (C=O) groups excluding carboxylic acids is 2. The Bertz CT molecular complexity index is 765. The van der Waals surface area contributed by atoms with E-state index in [0.717, 1.165) is 36.1 Å². The lowest BCUT2D eigenvalue weighted by Gasteiger charge is -2.23. The number of oxazole rings is 1. The maximum Gasteiger partial charge on any atom is 0.360 e. The monoisotopic (exact) mass is 373 g/mol. The van der Waals surface area contributed by atoms with Crippen LogP contribution in [0.1, 0.15) is 53.7 Å². The Morgan fingerprint density at radius 3 is 2.56 bits per heavy atom. The fraction of sp³-hybridized carbons (Fsp3) is 0.450. The number of anilines is 1. The number of ether oxygens (including phenoxy) is 1. The number of nitrogens with zero attached hydrogens (tertiary/aromatic N) is 2. The van der Waals surface area contributed by atoms with Gasteiger partial charge in [-0.25, -0.2) is 14.6 Å². The fourth-order valence-corrected chi connectivity index (χ4v) is 2.75. The Kier molecular flexibility index (Phi) is 7.40. The summed E-state index contributed by atoms with van der Waals surface area (Å²) in [7, 11) is 1.28. The van der Waals surface area contributed by atoms with Crippen LogP contribution in [0.25, 0.3) is 0 Å². The number of aryl methyl sites for hydroxylation is 2. The number of aromatic nitrogens is 1. The molecule has 0 spiro atoms. The Morgan fingerprint density at radius 2 is 1.93 bits per heavy atom. The SMILES string of the molecule is CCCCCN(Cc1nc(C(=O)OC)co1)C(=O)Nc1c(C)cccc1C. The number of methoxy groups -OCH3 is 1. The number of urea groups is 1. The molecule has 1 heterocycles. The maximum atomic E-state index is 12.9. The van der Waals surface area contributed by atoms with E-state index in [9.17, 15) is 9.59 Å². The predicted molar refractivity (Wildman–Crippen MR) is 103 cm³/mol. The molecule has 7 heteroatoms. The zero-order valence-corrected chi connectivity index (χ0v) is 16.4. The summed E-state index contributed by atoms with van der Waals surface area (Å²) in [6.07, 6.45) is 4.19. The van der Waals surface area contributed by atoms with Crippen molar-refractivity contribution in [2.45, 2.75) is 46.6 Å². The molecule has 1 aromatic carbocycles. The van der Waals surface area contributed by atoms with Crippen LogP contribution in [0.3, 0.4) is 0 Å². The first-order valence-corrected chi connectivity index (χ1v) is 9.11. The Labute approximate surface area is 159 Å². The molecule has 1 N–H and O–H groups in total. The largest absolute Gasteiger partial charge is 0.464 e. The summed E-state index contributed by atoms with van der Waals surface area (Å²) in [5.41, 5.74) is 2.91. The molecule has 0 aliphatic heterocycles. The van der Waals surface area contributed by atoms with Gasteiger partial charge in [-0.05, 0) is 31.4 Å². The van der Waals surface area contributed by atoms with Crippen molar-refractivity contribution in [3.05, 3.63) is 47.2 Å². The van der Waals surface area contributed by atoms with Gasteiger partial charge >= 0.3 is 12.0 Å². The molecule has 0 fully saturated rings. The summed E-state index contributed by atoms with van der Waals surface area (Å²) >= 11 is 0. The highest BCUT2D eigenvalue weighted by Crippen LogP contribution is 2.20. The number of rotatable bonds is 8. The van der Waals surface area contributed by atoms with E-state index < -0.39 is 5.97 Å². The molecule has 0 bridgehead atoms. The highest BCUT2D eigenvalue weighted by molar-refractivity contribution is 5.91. The number of esters is 1. The van der Waals surface area contributed by atoms with Gasteiger partial charge in [-0.3, -0.25) is 0 Å². The number of carbonyl (C=O) groups is 2. The Hall–Kier alpha value is -2.83. The summed E-state index contributed by atoms with van der Waals surface area (Å²) in [6, 6.07) is 5.66. The molecule has 2 rings (SSSR count). The Morgan fingerprint density at radius 1 is 1.22 bits per heavy atom. The van der Waals surface area contributed by atoms with Crippen molar-refractivity contribution >= 4 is 17.7 Å². The Balaban J connectivity index is 2.14. The van der Waals surface area contributed by atoms with Gasteiger partial charge in [0.05, 0.1) is 13.7 Å². The normalized spacial score (nSPS) is 10.5. The molecular formula is C20H27N3O4. The van der Waals surface area contributed by atoms with E-state index in [1.54, 1.807) is 4.90 Å². The summed E-state index contributed by atoms with van der Waals surface area (Å²) in [5.74, 6) is -0.272. The van der Waals surface area contributed by atoms with Crippen molar-refractivity contribution in [1.82, 2.24) is 9.88 Å². The summed E-state index contributed by atoms with van der Waals surface area (Å²) in [5, 5.41) is 2.99. The number of nitrogens with one attached hydrogen (secondary N) is 1. The third kappa shape index (κ3) is 5.57. The molecule has 27 heavy (non-hydrogen) atoms. The lowest BCUT2D eigenvalue weighted by molar-refractivity contribution is 0.0594. The second-order valence-electron chi connectivity index (χ2n) is 6.44. The summed E-state index contributed by atoms with van der Waals surface area (Å²) in [6.45, 7) is 6.78. The predicted octanol–water partition coefficient (Wildman–Crippen LogP) is 4.30. The van der Waals surface area contributed by atoms with Crippen LogP contribution in [0, 0.1) is 13.8 Å². The highest BCUT2D eigenvalue weighted by Gasteiger charge is 2.19. The zero-order valence-electron chi connectivity index (χ0n) is 16.4. The minimum Gasteiger partial charge on any atom is -0.464 e. The molecule has 0 aliphatic rings. The van der Waals surface area contributed by atoms with Gasteiger partial charge in [0.1, 0.15) is 6.26 Å². The molecular weight excluding hydrogens is 346 g/mol. The summed E-state index contributed by atoms with van der Waals surface area (Å²) < 4.78 is 9.97. The van der Waals surface area contributed by atoms with Crippen molar-refractivity contribution in [3.8, 4) is 0 Å². The number of unbranched alkanes of at least 4 members (excludes halogenated alkanes) is 2. The van der Waals surface area contributed by atoms with Gasteiger partial charge in [-0.1, -0.05) is 38.0 Å². The number of hydrogen-bond acceptors (Lipinski definition) is 5. The minimum atomic E-state index is -0.567. The number of amides is 2. The van der Waals surface area contributed by atoms with Gasteiger partial charge in [0.25, 0.3) is 0 Å². The van der Waals surface area contributed by atoms with Crippen LogP contribution in [0.2, 0.25) is 0 Å². The molecule has 2 amide bonds. The van der Waals surface area contributed by atoms with Crippen LogP contribution in [0.5, 0.6) is 0 Å². The van der Waals surface area contributed by atoms with E-state index in [1.165, 1.54) is 13.4 Å². The van der Waals surface area contributed by atoms with Crippen molar-refractivity contribution in [2.24, 2.45) is 0 Å². The molecule has 146 valence electrons. The van der Waals surface area contributed by atoms with Gasteiger partial charge in [-0.15, -0.1) is 0 Å². The van der Waals surface area contributed by atoms with Crippen molar-refractivity contribution in [3.63, 3.8) is 0 Å². The molecule has 7 nitrogen and oxygen atoms in total. The van der Waals surface area contributed by atoms with E-state index in [0.29, 0.717) is 12.4 Å². The standard InChI is InChI=1S/C20H27N3O4/c1-5-6-7-11-23(12-17-21-16(13-27-17)19(24)26-4)20(25)22-18-14(2)9-8-10-15(18)3/h8-10,13H,5-7,11-12H2,1-4H3,(H,22,25). The van der Waals surface area contributed by atoms with Crippen LogP contribution in [0.15, 0.2) is 28.9 Å². The first kappa shape index (κ1) is 20.5. The quantitative estimate of drug-likeness (QED) is 0.551. The second kappa shape index (κ2) is 9.75. The van der Waals surface area contributed by atoms with Crippen molar-refractivity contribution < 1.29 is 18.7 Å². The van der Waals surface area contributed by atoms with Gasteiger partial charge < -0.3 is 19.4 Å². The van der Waals surface area contributed by atoms with E-state index in [-0.39, 0.29) is 18.3 Å². The zero-order chi connectivity index (χ0) is 19.8. The van der Waals surface area contributed by atoms with Gasteiger partial charge in [0.15, 0.2) is 5.69 Å². The maximum absolute atomic E-state index is 12.9. The molecule has 0 unspecified atom stereocenters. The van der Waals surface area contributed by atoms with E-state index in [1.807, 2.05) is 32.0 Å². The van der Waals surface area contributed by atoms with Crippen LogP contribution in [-0.2, 0) is 11.3 Å².